The van der Waals surface area contributed by atoms with Gasteiger partial charge < -0.3 is 83.5 Å². The van der Waals surface area contributed by atoms with Crippen molar-refractivity contribution < 1.29 is 28.4 Å². The molecule has 12 aromatic heterocycles. The number of fused-ring (bicyclic) bond motifs is 4. The summed E-state index contributed by atoms with van der Waals surface area (Å²) in [5, 5.41) is 0. The van der Waals surface area contributed by atoms with E-state index >= 15 is 0 Å². The number of hydrogen-bond donors (Lipinski definition) is 3. The summed E-state index contributed by atoms with van der Waals surface area (Å²) < 4.78 is 41.8. The molecule has 110 heavy (non-hydrogen) atoms. The van der Waals surface area contributed by atoms with Gasteiger partial charge in [-0.1, -0.05) is 26.7 Å². The van der Waals surface area contributed by atoms with Crippen LogP contribution in [-0.4, -0.2) is 242 Å². The fourth-order valence-corrected chi connectivity index (χ4v) is 13.3. The number of aromatic nitrogens is 24. The lowest BCUT2D eigenvalue weighted by molar-refractivity contribution is -0.0167. The Hall–Kier alpha value is -11.3. The molecule has 17 rings (SSSR count). The average Bonchev–Trinajstić information content (AvgIpc) is 1.48. The summed E-state index contributed by atoms with van der Waals surface area (Å²) in [7, 11) is 1.55. The van der Waals surface area contributed by atoms with Crippen LogP contribution in [0.25, 0.3) is 89.7 Å². The molecule has 37 nitrogen and oxygen atoms in total. The minimum Gasteiger partial charge on any atom is -0.480 e. The summed E-state index contributed by atoms with van der Waals surface area (Å²) in [6.45, 7) is 28.8. The molecule has 5 fully saturated rings. The van der Waals surface area contributed by atoms with Crippen LogP contribution in [0.4, 0.5) is 41.6 Å². The first-order valence-electron chi connectivity index (χ1n) is 37.5. The molecule has 0 amide bonds. The Bertz CT molecular complexity index is 5040. The van der Waals surface area contributed by atoms with Crippen LogP contribution in [0.2, 0.25) is 0 Å². The molecular formula is C73H95N31O6. The van der Waals surface area contributed by atoms with Gasteiger partial charge in [-0.2, -0.15) is 24.9 Å². The van der Waals surface area contributed by atoms with Crippen molar-refractivity contribution in [3.05, 3.63) is 75.0 Å². The first-order valence-corrected chi connectivity index (χ1v) is 37.5. The zero-order valence-corrected chi connectivity index (χ0v) is 63.7. The highest BCUT2D eigenvalue weighted by atomic mass is 16.5. The Kier molecular flexibility index (Phi) is 23.4. The largest absolute Gasteiger partial charge is 0.480 e. The van der Waals surface area contributed by atoms with Gasteiger partial charge in [0.2, 0.25) is 47.5 Å². The summed E-state index contributed by atoms with van der Waals surface area (Å²) in [6, 6.07) is 1.09. The quantitative estimate of drug-likeness (QED) is 0.0786. The molecule has 1 aliphatic carbocycles. The molecule has 3 atom stereocenters. The van der Waals surface area contributed by atoms with Crippen LogP contribution < -0.4 is 41.5 Å². The van der Waals surface area contributed by atoms with Crippen molar-refractivity contribution in [3.63, 3.8) is 0 Å². The van der Waals surface area contributed by atoms with Crippen molar-refractivity contribution in [2.75, 3.05) is 156 Å². The van der Waals surface area contributed by atoms with Crippen LogP contribution in [0.1, 0.15) is 118 Å². The van der Waals surface area contributed by atoms with E-state index < -0.39 is 0 Å². The number of imidazole rings is 4. The average molecular weight is 1500 g/mol. The molecule has 0 radical (unpaired) electrons. The normalized spacial score (nSPS) is 16.7. The van der Waals surface area contributed by atoms with Crippen LogP contribution in [0, 0.1) is 0 Å². The predicted octanol–water partition coefficient (Wildman–Crippen LogP) is 7.67. The molecule has 16 heterocycles. The van der Waals surface area contributed by atoms with Crippen LogP contribution >= 0.6 is 0 Å². The Morgan fingerprint density at radius 3 is 1.18 bits per heavy atom. The zero-order chi connectivity index (χ0) is 76.4. The van der Waals surface area contributed by atoms with E-state index in [1.54, 1.807) is 56.8 Å². The van der Waals surface area contributed by atoms with E-state index in [9.17, 15) is 0 Å². The Morgan fingerprint density at radius 1 is 0.427 bits per heavy atom. The van der Waals surface area contributed by atoms with E-state index in [4.69, 9.17) is 85.5 Å². The number of hydrogen-bond acceptors (Lipinski definition) is 33. The second-order valence-electron chi connectivity index (χ2n) is 28.3. The van der Waals surface area contributed by atoms with Gasteiger partial charge in [0.05, 0.1) is 109 Å². The maximum Gasteiger partial charge on any atom is 0.228 e. The number of rotatable bonds is 17. The second-order valence-corrected chi connectivity index (χ2v) is 28.3. The highest BCUT2D eigenvalue weighted by Crippen LogP contribution is 2.38. The van der Waals surface area contributed by atoms with Gasteiger partial charge in [-0.3, -0.25) is 0 Å². The van der Waals surface area contributed by atoms with Crippen LogP contribution in [-0.2, 0) is 23.7 Å². The number of nitrogen functional groups attached to an aromatic ring is 3. The third-order valence-electron chi connectivity index (χ3n) is 19.8. The van der Waals surface area contributed by atoms with E-state index in [1.165, 1.54) is 32.0 Å². The third kappa shape index (κ3) is 16.9. The van der Waals surface area contributed by atoms with Crippen molar-refractivity contribution >= 4 is 86.3 Å². The molecule has 12 aromatic rings. The fourth-order valence-electron chi connectivity index (χ4n) is 13.3. The number of methoxy groups -OCH3 is 1. The lowest BCUT2D eigenvalue weighted by Crippen LogP contribution is -2.37. The highest BCUT2D eigenvalue weighted by Gasteiger charge is 2.30. The maximum atomic E-state index is 5.99. The SMILES string of the molecule is CC(COC(C)(C)C)n1cnc2c(-c3cnc(N)nc3)nc(N3CCOCC3)nc21.CCC(C)n1cnc2c(-c3cnc(N)nc3OC)nc(N3CCOCC3)nc21.CCC(C)n1cnc2c(-c3cncnc3)nc(N3CCOCC3)nc21.Nc1ncc(-c2nc(N3CCOCC3)nc3c2ncn3C2CCCC2)cn1. The monoisotopic (exact) mass is 1500 g/mol. The Morgan fingerprint density at radius 2 is 0.782 bits per heavy atom. The molecule has 4 aliphatic heterocycles. The fraction of sp³-hybridized carbons (Fsp3) is 0.507. The smallest absolute Gasteiger partial charge is 0.228 e. The molecule has 578 valence electrons. The Labute approximate surface area is 635 Å². The van der Waals surface area contributed by atoms with Gasteiger partial charge in [-0.05, 0) is 67.2 Å². The summed E-state index contributed by atoms with van der Waals surface area (Å²) >= 11 is 0. The van der Waals surface area contributed by atoms with E-state index in [-0.39, 0.29) is 35.5 Å². The van der Waals surface area contributed by atoms with Crippen molar-refractivity contribution in [3.8, 4) is 50.9 Å². The van der Waals surface area contributed by atoms with Crippen molar-refractivity contribution in [1.29, 1.82) is 0 Å². The van der Waals surface area contributed by atoms with Gasteiger partial charge >= 0.3 is 0 Å². The summed E-state index contributed by atoms with van der Waals surface area (Å²) in [5.74, 6) is 3.66. The van der Waals surface area contributed by atoms with Crippen LogP contribution in [0.15, 0.2) is 75.0 Å². The molecular weight excluding hydrogens is 1410 g/mol. The minimum atomic E-state index is -0.217. The topological polar surface area (TPSA) is 424 Å². The van der Waals surface area contributed by atoms with E-state index in [1.807, 2.05) is 44.3 Å². The lowest BCUT2D eigenvalue weighted by atomic mass is 10.2. The second kappa shape index (κ2) is 34.1. The summed E-state index contributed by atoms with van der Waals surface area (Å²) in [6.07, 6.45) is 27.6. The van der Waals surface area contributed by atoms with Gasteiger partial charge in [0, 0.05) is 131 Å². The van der Waals surface area contributed by atoms with Crippen molar-refractivity contribution in [2.24, 2.45) is 0 Å². The zero-order valence-electron chi connectivity index (χ0n) is 63.7. The summed E-state index contributed by atoms with van der Waals surface area (Å²) in [4.78, 5) is 98.8. The number of morpholine rings is 4. The first kappa shape index (κ1) is 75.5. The van der Waals surface area contributed by atoms with Crippen LogP contribution in [0.3, 0.4) is 0 Å². The van der Waals surface area contributed by atoms with E-state index in [0.717, 1.165) is 127 Å². The molecule has 0 aromatic carbocycles. The molecule has 0 spiro atoms. The van der Waals surface area contributed by atoms with Gasteiger partial charge in [0.1, 0.15) is 51.2 Å². The first-order chi connectivity index (χ1) is 53.5. The molecule has 3 unspecified atom stereocenters. The van der Waals surface area contributed by atoms with Gasteiger partial charge in [0.15, 0.2) is 22.6 Å². The number of nitrogens with zero attached hydrogens (tertiary/aromatic N) is 28. The molecule has 4 saturated heterocycles. The number of ether oxygens (including phenoxy) is 6. The standard InChI is InChI=1S/C20H28N8O2.C18H24N8O2.C18H22N8O.C17H21N7O/c1-13(11-30-20(2,3)4)28-12-24-16-15(14-9-22-18(21)23-10-14)25-19(26-17(16)28)27-5-7-29-8-6-27;1-4-11(2)26-10-21-14-13(12-9-20-17(19)24-16(12)27-3)22-18(23-15(14)26)25-5-7-28-8-6-25;19-17-20-9-12(10-21-17)14-15-16(26(11-22-15)13-3-1-2-4-13)24-18(23-14)25-5-7-27-8-6-25;1-3-12(2)24-11-20-15-14(13-8-18-10-19-9-13)21-17(22-16(15)24)23-4-6-25-7-5-23/h9-10,12-13H,5-8,11H2,1-4H3,(H2,21,22,23);9-11H,4-8H2,1-3H3,(H2,19,20,24);9-11,13H,1-8H2,(H2,19,20,21);8-12H,3-7H2,1-2H3. The Balaban J connectivity index is 0.000000122. The highest BCUT2D eigenvalue weighted by molar-refractivity contribution is 5.92. The van der Waals surface area contributed by atoms with Gasteiger partial charge in [0.25, 0.3) is 0 Å². The van der Waals surface area contributed by atoms with Crippen molar-refractivity contribution in [2.45, 2.75) is 124 Å². The van der Waals surface area contributed by atoms with E-state index in [2.05, 4.69) is 128 Å². The molecule has 0 bridgehead atoms. The molecule has 37 heteroatoms. The lowest BCUT2D eigenvalue weighted by Gasteiger charge is -2.27. The minimum absolute atomic E-state index is 0.0529. The predicted molar refractivity (Wildman–Crippen MR) is 415 cm³/mol. The number of nitrogens with two attached hydrogens (primary N) is 3. The third-order valence-corrected chi connectivity index (χ3v) is 19.8. The summed E-state index contributed by atoms with van der Waals surface area (Å²) in [5.41, 5.74) is 28.9. The van der Waals surface area contributed by atoms with Crippen molar-refractivity contribution in [1.82, 2.24) is 118 Å². The molecule has 6 N–H and O–H groups in total. The van der Waals surface area contributed by atoms with Crippen LogP contribution in [0.5, 0.6) is 5.88 Å². The number of anilines is 7. The molecule has 5 aliphatic rings. The maximum absolute atomic E-state index is 5.99. The van der Waals surface area contributed by atoms with E-state index in [0.29, 0.717) is 129 Å². The van der Waals surface area contributed by atoms with Gasteiger partial charge in [-0.25, -0.2) is 74.8 Å². The molecule has 1 saturated carbocycles. The van der Waals surface area contributed by atoms with Gasteiger partial charge in [-0.15, -0.1) is 0 Å².